The minimum absolute atomic E-state index is 0.125. The lowest BCUT2D eigenvalue weighted by molar-refractivity contribution is -0.136. The molecule has 2 fully saturated rings. The summed E-state index contributed by atoms with van der Waals surface area (Å²) in [6.07, 6.45) is 1.58. The third-order valence-electron chi connectivity index (χ3n) is 4.34. The Morgan fingerprint density at radius 2 is 1.83 bits per heavy atom. The summed E-state index contributed by atoms with van der Waals surface area (Å²) in [6.45, 7) is 2.02. The molecule has 5 heteroatoms. The van der Waals surface area contributed by atoms with Gasteiger partial charge in [0.05, 0.1) is 12.2 Å². The molecule has 0 saturated heterocycles. The van der Waals surface area contributed by atoms with Crippen LogP contribution < -0.4 is 0 Å². The third-order valence-corrected chi connectivity index (χ3v) is 5.69. The van der Waals surface area contributed by atoms with E-state index in [2.05, 4.69) is 0 Å². The highest BCUT2D eigenvalue weighted by atomic mass is 32.2. The van der Waals surface area contributed by atoms with E-state index in [0.29, 0.717) is 5.57 Å². The molecule has 1 aromatic rings. The Labute approximate surface area is 145 Å². The number of alkyl halides is 2. The van der Waals surface area contributed by atoms with Crippen molar-refractivity contribution in [1.82, 2.24) is 0 Å². The summed E-state index contributed by atoms with van der Waals surface area (Å²) in [5.41, 5.74) is 1.15. The molecule has 1 aromatic carbocycles. The summed E-state index contributed by atoms with van der Waals surface area (Å²) in [5, 5.41) is 0.720. The highest BCUT2D eigenvalue weighted by Crippen LogP contribution is 2.39. The lowest BCUT2D eigenvalue weighted by atomic mass is 9.98. The zero-order valence-electron chi connectivity index (χ0n) is 13.7. The van der Waals surface area contributed by atoms with Gasteiger partial charge in [-0.25, -0.2) is 13.6 Å². The second-order valence-electron chi connectivity index (χ2n) is 6.41. The molecule has 2 nitrogen and oxygen atoms in total. The maximum Gasteiger partial charge on any atom is 0.338 e. The molecule has 24 heavy (non-hydrogen) atoms. The van der Waals surface area contributed by atoms with Crippen molar-refractivity contribution in [2.45, 2.75) is 55.1 Å². The Bertz CT molecular complexity index is 600. The molecule has 2 saturated carbocycles. The van der Waals surface area contributed by atoms with Crippen LogP contribution in [0.5, 0.6) is 0 Å². The average Bonchev–Trinajstić information content (AvgIpc) is 3.31. The van der Waals surface area contributed by atoms with E-state index in [1.165, 1.54) is 17.7 Å². The van der Waals surface area contributed by atoms with Crippen molar-refractivity contribution in [3.8, 4) is 0 Å². The zero-order valence-corrected chi connectivity index (χ0v) is 14.5. The molecule has 2 aliphatic carbocycles. The predicted molar refractivity (Wildman–Crippen MR) is 92.4 cm³/mol. The number of hydrogen-bond donors (Lipinski definition) is 0. The van der Waals surface area contributed by atoms with Gasteiger partial charge in [-0.15, -0.1) is 11.8 Å². The molecule has 0 radical (unpaired) electrons. The number of rotatable bonds is 6. The first-order valence-electron chi connectivity index (χ1n) is 8.51. The average molecular weight is 352 g/mol. The van der Waals surface area contributed by atoms with Crippen LogP contribution in [0.1, 0.15) is 38.2 Å². The molecule has 2 atom stereocenters. The molecule has 0 spiro atoms. The fraction of sp³-hybridized carbons (Fsp3) is 0.526. The molecule has 130 valence electrons. The Hall–Kier alpha value is -1.36. The maximum absolute atomic E-state index is 13.4. The van der Waals surface area contributed by atoms with Crippen LogP contribution in [0.15, 0.2) is 35.2 Å². The maximum atomic E-state index is 13.4. The summed E-state index contributed by atoms with van der Waals surface area (Å²) < 4.78 is 32.0. The quantitative estimate of drug-likeness (QED) is 0.534. The molecular weight excluding hydrogens is 330 g/mol. The first kappa shape index (κ1) is 17.5. The monoisotopic (exact) mass is 352 g/mol. The molecule has 0 heterocycles. The van der Waals surface area contributed by atoms with Gasteiger partial charge in [-0.2, -0.15) is 0 Å². The Morgan fingerprint density at radius 3 is 2.38 bits per heavy atom. The smallest absolute Gasteiger partial charge is 0.338 e. The molecular formula is C19H22F2O2S. The van der Waals surface area contributed by atoms with Gasteiger partial charge in [0.1, 0.15) is 12.3 Å². The van der Waals surface area contributed by atoms with E-state index >= 15 is 0 Å². The van der Waals surface area contributed by atoms with Crippen molar-refractivity contribution in [2.24, 2.45) is 5.92 Å². The summed E-state index contributed by atoms with van der Waals surface area (Å²) in [4.78, 5) is 13.5. The van der Waals surface area contributed by atoms with Gasteiger partial charge in [-0.3, -0.25) is 0 Å². The van der Waals surface area contributed by atoms with Gasteiger partial charge in [0.25, 0.3) is 0 Å². The van der Waals surface area contributed by atoms with E-state index in [9.17, 15) is 13.6 Å². The first-order valence-corrected chi connectivity index (χ1v) is 9.39. The number of esters is 1. The summed E-state index contributed by atoms with van der Waals surface area (Å²) >= 11 is 1.85. The van der Waals surface area contributed by atoms with Crippen LogP contribution in [0.3, 0.4) is 0 Å². The Morgan fingerprint density at radius 1 is 1.21 bits per heavy atom. The van der Waals surface area contributed by atoms with Gasteiger partial charge in [-0.1, -0.05) is 18.2 Å². The number of carbonyl (C=O) groups excluding carboxylic acids is 1. The van der Waals surface area contributed by atoms with Crippen molar-refractivity contribution in [3.05, 3.63) is 35.9 Å². The number of benzene rings is 1. The van der Waals surface area contributed by atoms with E-state index in [1.807, 2.05) is 36.0 Å². The van der Waals surface area contributed by atoms with Crippen LogP contribution in [0.2, 0.25) is 0 Å². The third kappa shape index (κ3) is 4.38. The van der Waals surface area contributed by atoms with Crippen molar-refractivity contribution in [2.75, 3.05) is 6.61 Å². The molecule has 0 bridgehead atoms. The second kappa shape index (κ2) is 7.68. The van der Waals surface area contributed by atoms with Crippen LogP contribution in [-0.2, 0) is 9.53 Å². The molecule has 0 aromatic heterocycles. The number of ether oxygens (including phenoxy) is 1. The van der Waals surface area contributed by atoms with Crippen LogP contribution in [-0.4, -0.2) is 30.2 Å². The highest BCUT2D eigenvalue weighted by Gasteiger charge is 2.34. The van der Waals surface area contributed by atoms with Crippen LogP contribution in [0.25, 0.3) is 5.57 Å². The van der Waals surface area contributed by atoms with E-state index in [0.717, 1.165) is 10.8 Å². The number of allylic oxidation sites excluding steroid dienone is 1. The lowest BCUT2D eigenvalue weighted by Gasteiger charge is -2.11. The standard InChI is InChI=1S/C19H22F2O2S/c1-2-23-19(22)16(9-12-10-17(20)18(21)11-12)13-3-5-14(6-4-13)24-15-7-8-15/h3-6,9,12,15,17-18H,2,7-8,10-11H2,1H3/b16-9-. The molecule has 0 amide bonds. The topological polar surface area (TPSA) is 26.3 Å². The van der Waals surface area contributed by atoms with E-state index in [1.54, 1.807) is 13.0 Å². The molecule has 0 aliphatic heterocycles. The highest BCUT2D eigenvalue weighted by molar-refractivity contribution is 8.00. The predicted octanol–water partition coefficient (Wildman–Crippen LogP) is 4.97. The zero-order chi connectivity index (χ0) is 17.1. The second-order valence-corrected chi connectivity index (χ2v) is 7.78. The Balaban J connectivity index is 1.79. The van der Waals surface area contributed by atoms with E-state index in [4.69, 9.17) is 4.74 Å². The van der Waals surface area contributed by atoms with Gasteiger partial charge in [0.2, 0.25) is 0 Å². The minimum atomic E-state index is -1.44. The molecule has 0 N–H and O–H groups in total. The first-order chi connectivity index (χ1) is 11.6. The van der Waals surface area contributed by atoms with Gasteiger partial charge in [0, 0.05) is 10.1 Å². The van der Waals surface area contributed by atoms with Crippen molar-refractivity contribution in [1.29, 1.82) is 0 Å². The van der Waals surface area contributed by atoms with Gasteiger partial charge in [-0.05, 0) is 56.2 Å². The fourth-order valence-corrected chi connectivity index (χ4v) is 3.97. The molecule has 2 unspecified atom stereocenters. The molecule has 2 aliphatic rings. The number of thioether (sulfide) groups is 1. The fourth-order valence-electron chi connectivity index (χ4n) is 2.92. The van der Waals surface area contributed by atoms with Crippen molar-refractivity contribution < 1.29 is 18.3 Å². The van der Waals surface area contributed by atoms with Gasteiger partial charge in [0.15, 0.2) is 0 Å². The number of halogens is 2. The summed E-state index contributed by atoms with van der Waals surface area (Å²) in [6, 6.07) is 7.77. The van der Waals surface area contributed by atoms with Gasteiger partial charge >= 0.3 is 5.97 Å². The molecule has 3 rings (SSSR count). The largest absolute Gasteiger partial charge is 0.462 e. The van der Waals surface area contributed by atoms with Crippen molar-refractivity contribution in [3.63, 3.8) is 0 Å². The minimum Gasteiger partial charge on any atom is -0.462 e. The Kier molecular flexibility index (Phi) is 5.59. The van der Waals surface area contributed by atoms with E-state index < -0.39 is 18.3 Å². The SMILES string of the molecule is CCOC(=O)/C(=C\C1CC(F)C(F)C1)c1ccc(SC2CC2)cc1. The summed E-state index contributed by atoms with van der Waals surface area (Å²) in [7, 11) is 0. The summed E-state index contributed by atoms with van der Waals surface area (Å²) in [5.74, 6) is -0.701. The van der Waals surface area contributed by atoms with Gasteiger partial charge < -0.3 is 4.74 Å². The lowest BCUT2D eigenvalue weighted by Crippen LogP contribution is -2.08. The van der Waals surface area contributed by atoms with Crippen LogP contribution >= 0.6 is 11.8 Å². The van der Waals surface area contributed by atoms with E-state index in [-0.39, 0.29) is 25.4 Å². The number of hydrogen-bond acceptors (Lipinski definition) is 3. The van der Waals surface area contributed by atoms with Crippen LogP contribution in [0, 0.1) is 5.92 Å². The number of carbonyl (C=O) groups is 1. The van der Waals surface area contributed by atoms with Crippen LogP contribution in [0.4, 0.5) is 8.78 Å². The van der Waals surface area contributed by atoms with Crippen molar-refractivity contribution >= 4 is 23.3 Å². The normalized spacial score (nSPS) is 27.3.